The Bertz CT molecular complexity index is 733. The fourth-order valence-electron chi connectivity index (χ4n) is 2.87. The number of aromatic nitrogens is 2. The van der Waals surface area contributed by atoms with Crippen LogP contribution in [-0.2, 0) is 4.79 Å². The third-order valence-electron chi connectivity index (χ3n) is 3.82. The minimum absolute atomic E-state index is 0.0102. The molecular formula is C15H17N3O3. The van der Waals surface area contributed by atoms with E-state index >= 15 is 0 Å². The predicted octanol–water partition coefficient (Wildman–Crippen LogP) is 1.92. The number of hydrogen-bond acceptors (Lipinski definition) is 3. The van der Waals surface area contributed by atoms with Gasteiger partial charge in [0.25, 0.3) is 0 Å². The van der Waals surface area contributed by atoms with Crippen molar-refractivity contribution >= 4 is 22.9 Å². The van der Waals surface area contributed by atoms with Crippen LogP contribution in [0, 0.1) is 0 Å². The van der Waals surface area contributed by atoms with E-state index in [1.165, 1.54) is 0 Å². The van der Waals surface area contributed by atoms with Gasteiger partial charge in [-0.1, -0.05) is 19.9 Å². The molecule has 0 saturated carbocycles. The van der Waals surface area contributed by atoms with Gasteiger partial charge in [0.05, 0.1) is 17.1 Å². The maximum absolute atomic E-state index is 11.5. The molecule has 1 saturated heterocycles. The summed E-state index contributed by atoms with van der Waals surface area (Å²) in [6.07, 6.45) is 0.405. The van der Waals surface area contributed by atoms with Crippen LogP contribution in [0.4, 0.5) is 0 Å². The Morgan fingerprint density at radius 2 is 2.24 bits per heavy atom. The Labute approximate surface area is 121 Å². The van der Waals surface area contributed by atoms with Crippen molar-refractivity contribution in [1.29, 1.82) is 0 Å². The van der Waals surface area contributed by atoms with Crippen LogP contribution in [0.1, 0.15) is 48.4 Å². The van der Waals surface area contributed by atoms with Crippen LogP contribution in [0.25, 0.3) is 11.0 Å². The molecule has 1 atom stereocenters. The molecule has 0 radical (unpaired) electrons. The van der Waals surface area contributed by atoms with E-state index in [9.17, 15) is 14.7 Å². The summed E-state index contributed by atoms with van der Waals surface area (Å²) in [6, 6.07) is 5.13. The van der Waals surface area contributed by atoms with Crippen LogP contribution in [0.2, 0.25) is 0 Å². The van der Waals surface area contributed by atoms with Gasteiger partial charge >= 0.3 is 5.97 Å². The van der Waals surface area contributed by atoms with Crippen LogP contribution in [-0.4, -0.2) is 33.1 Å². The Kier molecular flexibility index (Phi) is 3.16. The Balaban J connectivity index is 2.25. The molecule has 1 aliphatic rings. The van der Waals surface area contributed by atoms with Crippen molar-refractivity contribution in [1.82, 2.24) is 14.9 Å². The molecule has 1 aromatic heterocycles. The number of hydrogen-bond donors (Lipinski definition) is 2. The van der Waals surface area contributed by atoms with E-state index in [1.807, 2.05) is 24.5 Å². The molecule has 1 amide bonds. The summed E-state index contributed by atoms with van der Waals surface area (Å²) in [7, 11) is 0. The van der Waals surface area contributed by atoms with Crippen LogP contribution in [0.5, 0.6) is 0 Å². The molecule has 2 aromatic rings. The number of carbonyl (C=O) groups is 2. The highest BCUT2D eigenvalue weighted by molar-refractivity contribution is 6.01. The number of carboxylic acid groups (broad SMARTS) is 1. The normalized spacial score (nSPS) is 18.4. The average Bonchev–Trinajstić information content (AvgIpc) is 3.00. The van der Waals surface area contributed by atoms with Crippen LogP contribution in [0.15, 0.2) is 18.2 Å². The number of aromatic carboxylic acids is 1. The molecule has 2 heterocycles. The van der Waals surface area contributed by atoms with Gasteiger partial charge in [0.1, 0.15) is 11.3 Å². The molecule has 0 spiro atoms. The number of para-hydroxylation sites is 1. The molecule has 3 rings (SSSR count). The maximum atomic E-state index is 11.5. The molecule has 2 N–H and O–H groups in total. The van der Waals surface area contributed by atoms with E-state index in [-0.39, 0.29) is 23.4 Å². The number of nitrogens with one attached hydrogen (secondary N) is 1. The molecule has 0 bridgehead atoms. The van der Waals surface area contributed by atoms with E-state index in [4.69, 9.17) is 0 Å². The second kappa shape index (κ2) is 4.87. The van der Waals surface area contributed by atoms with Gasteiger partial charge in [-0.25, -0.2) is 9.78 Å². The van der Waals surface area contributed by atoms with Gasteiger partial charge < -0.3 is 15.0 Å². The Morgan fingerprint density at radius 3 is 2.81 bits per heavy atom. The summed E-state index contributed by atoms with van der Waals surface area (Å²) in [6.45, 7) is 4.59. The monoisotopic (exact) mass is 287 g/mol. The summed E-state index contributed by atoms with van der Waals surface area (Å²) >= 11 is 0. The number of rotatable bonds is 3. The highest BCUT2D eigenvalue weighted by Gasteiger charge is 2.28. The van der Waals surface area contributed by atoms with E-state index in [0.29, 0.717) is 18.5 Å². The standard InChI is InChI=1S/C15H17N3O3/c1-8(2)14-17-13-10(15(20)21)4-3-5-11(13)18(14)9-6-12(19)16-7-9/h3-5,8-9H,6-7H2,1-2H3,(H,16,19)(H,20,21). The second-order valence-corrected chi connectivity index (χ2v) is 5.64. The van der Waals surface area contributed by atoms with Gasteiger partial charge in [-0.2, -0.15) is 0 Å². The zero-order valence-electron chi connectivity index (χ0n) is 12.0. The van der Waals surface area contributed by atoms with Gasteiger partial charge in [-0.15, -0.1) is 0 Å². The Hall–Kier alpha value is -2.37. The zero-order valence-corrected chi connectivity index (χ0v) is 12.0. The van der Waals surface area contributed by atoms with Gasteiger partial charge in [-0.3, -0.25) is 4.79 Å². The summed E-state index contributed by atoms with van der Waals surface area (Å²) in [5.41, 5.74) is 1.47. The summed E-state index contributed by atoms with van der Waals surface area (Å²) in [5, 5.41) is 12.1. The van der Waals surface area contributed by atoms with Crippen LogP contribution < -0.4 is 5.32 Å². The average molecular weight is 287 g/mol. The first-order valence-electron chi connectivity index (χ1n) is 7.00. The molecule has 1 fully saturated rings. The molecule has 6 heteroatoms. The smallest absolute Gasteiger partial charge is 0.337 e. The predicted molar refractivity (Wildman–Crippen MR) is 77.4 cm³/mol. The van der Waals surface area contributed by atoms with Gasteiger partial charge in [0.2, 0.25) is 5.91 Å². The van der Waals surface area contributed by atoms with Crippen molar-refractivity contribution in [3.05, 3.63) is 29.6 Å². The first kappa shape index (κ1) is 13.6. The number of carboxylic acids is 1. The third-order valence-corrected chi connectivity index (χ3v) is 3.82. The lowest BCUT2D eigenvalue weighted by Crippen LogP contribution is -2.17. The molecule has 1 unspecified atom stereocenters. The van der Waals surface area contributed by atoms with Gasteiger partial charge in [0, 0.05) is 18.9 Å². The zero-order chi connectivity index (χ0) is 15.1. The highest BCUT2D eigenvalue weighted by Crippen LogP contribution is 2.30. The lowest BCUT2D eigenvalue weighted by atomic mass is 10.1. The summed E-state index contributed by atoms with van der Waals surface area (Å²) < 4.78 is 2.02. The molecular weight excluding hydrogens is 270 g/mol. The van der Waals surface area contributed by atoms with Gasteiger partial charge in [-0.05, 0) is 12.1 Å². The van der Waals surface area contributed by atoms with Gasteiger partial charge in [0.15, 0.2) is 0 Å². The van der Waals surface area contributed by atoms with E-state index < -0.39 is 5.97 Å². The summed E-state index contributed by atoms with van der Waals surface area (Å²) in [4.78, 5) is 27.4. The van der Waals surface area contributed by atoms with Crippen molar-refractivity contribution in [2.45, 2.75) is 32.2 Å². The highest BCUT2D eigenvalue weighted by atomic mass is 16.4. The molecule has 0 aliphatic carbocycles. The minimum atomic E-state index is -0.985. The Morgan fingerprint density at radius 1 is 1.48 bits per heavy atom. The largest absolute Gasteiger partial charge is 0.478 e. The molecule has 21 heavy (non-hydrogen) atoms. The first-order chi connectivity index (χ1) is 9.99. The molecule has 1 aliphatic heterocycles. The van der Waals surface area contributed by atoms with Crippen molar-refractivity contribution < 1.29 is 14.7 Å². The van der Waals surface area contributed by atoms with E-state index in [2.05, 4.69) is 10.3 Å². The second-order valence-electron chi connectivity index (χ2n) is 5.64. The van der Waals surface area contributed by atoms with Crippen molar-refractivity contribution in [3.8, 4) is 0 Å². The molecule has 110 valence electrons. The third kappa shape index (κ3) is 2.16. The van der Waals surface area contributed by atoms with Crippen LogP contribution >= 0.6 is 0 Å². The maximum Gasteiger partial charge on any atom is 0.337 e. The first-order valence-corrected chi connectivity index (χ1v) is 7.00. The minimum Gasteiger partial charge on any atom is -0.478 e. The quantitative estimate of drug-likeness (QED) is 0.903. The van der Waals surface area contributed by atoms with E-state index in [1.54, 1.807) is 12.1 Å². The molecule has 1 aromatic carbocycles. The summed E-state index contributed by atoms with van der Waals surface area (Å²) in [5.74, 6) is 0.00192. The fourth-order valence-corrected chi connectivity index (χ4v) is 2.87. The number of amides is 1. The fraction of sp³-hybridized carbons (Fsp3) is 0.400. The topological polar surface area (TPSA) is 84.2 Å². The van der Waals surface area contributed by atoms with Crippen molar-refractivity contribution in [2.75, 3.05) is 6.54 Å². The number of fused-ring (bicyclic) bond motifs is 1. The number of nitrogens with zero attached hydrogens (tertiary/aromatic N) is 2. The SMILES string of the molecule is CC(C)c1nc2c(C(=O)O)cccc2n1C1CNC(=O)C1. The lowest BCUT2D eigenvalue weighted by molar-refractivity contribution is -0.119. The van der Waals surface area contributed by atoms with Crippen molar-refractivity contribution in [2.24, 2.45) is 0 Å². The van der Waals surface area contributed by atoms with E-state index in [0.717, 1.165) is 11.3 Å². The molecule has 6 nitrogen and oxygen atoms in total. The number of carbonyl (C=O) groups excluding carboxylic acids is 1. The number of benzene rings is 1. The lowest BCUT2D eigenvalue weighted by Gasteiger charge is -2.16. The van der Waals surface area contributed by atoms with Crippen LogP contribution in [0.3, 0.4) is 0 Å². The number of imidazole rings is 1. The van der Waals surface area contributed by atoms with Crippen molar-refractivity contribution in [3.63, 3.8) is 0 Å².